The van der Waals surface area contributed by atoms with Gasteiger partial charge < -0.3 is 10.2 Å². The predicted octanol–water partition coefficient (Wildman–Crippen LogP) is 3.45. The topological polar surface area (TPSA) is 53.4 Å². The minimum absolute atomic E-state index is 0.178. The Kier molecular flexibility index (Phi) is 2.56. The number of aromatic hydroxyl groups is 2. The van der Waals surface area contributed by atoms with Crippen molar-refractivity contribution in [3.05, 3.63) is 54.3 Å². The van der Waals surface area contributed by atoms with E-state index >= 15 is 0 Å². The molecule has 0 saturated heterocycles. The quantitative estimate of drug-likeness (QED) is 0.700. The van der Waals surface area contributed by atoms with E-state index in [9.17, 15) is 9.50 Å². The van der Waals surface area contributed by atoms with Crippen LogP contribution in [0.2, 0.25) is 0 Å². The van der Waals surface area contributed by atoms with Gasteiger partial charge in [-0.2, -0.15) is 0 Å². The maximum absolute atomic E-state index is 13.3. The lowest BCUT2D eigenvalue weighted by Crippen LogP contribution is -1.86. The van der Waals surface area contributed by atoms with Crippen LogP contribution < -0.4 is 0 Å². The Hall–Kier alpha value is -2.62. The van der Waals surface area contributed by atoms with Gasteiger partial charge in [-0.15, -0.1) is 0 Å². The molecule has 2 aromatic carbocycles. The first-order valence-electron chi connectivity index (χ1n) is 5.72. The van der Waals surface area contributed by atoms with Gasteiger partial charge in [0.2, 0.25) is 0 Å². The minimum Gasteiger partial charge on any atom is -0.508 e. The number of rotatable bonds is 1. The van der Waals surface area contributed by atoms with Crippen LogP contribution in [-0.2, 0) is 0 Å². The average Bonchev–Trinajstić information content (AvgIpc) is 2.41. The van der Waals surface area contributed by atoms with Gasteiger partial charge in [-0.05, 0) is 42.5 Å². The standard InChI is InChI=1S/C15H10FNO2/c16-12-8-10(2-6-15(12)19)13-4-1-9-7-11(18)3-5-14(9)17-13/h1-8,18-19H. The van der Waals surface area contributed by atoms with Crippen LogP contribution in [0.5, 0.6) is 11.5 Å². The third-order valence-electron chi connectivity index (χ3n) is 2.92. The number of phenols is 2. The van der Waals surface area contributed by atoms with E-state index in [-0.39, 0.29) is 11.5 Å². The highest BCUT2D eigenvalue weighted by Crippen LogP contribution is 2.26. The molecular weight excluding hydrogens is 245 g/mol. The fourth-order valence-electron chi connectivity index (χ4n) is 1.94. The maximum atomic E-state index is 13.3. The van der Waals surface area contributed by atoms with Gasteiger partial charge in [0.1, 0.15) is 5.75 Å². The number of hydrogen-bond donors (Lipinski definition) is 2. The molecule has 0 fully saturated rings. The second-order valence-electron chi connectivity index (χ2n) is 4.24. The molecule has 0 radical (unpaired) electrons. The lowest BCUT2D eigenvalue weighted by molar-refractivity contribution is 0.432. The van der Waals surface area contributed by atoms with E-state index in [1.54, 1.807) is 30.3 Å². The molecule has 0 bridgehead atoms. The molecule has 2 N–H and O–H groups in total. The summed E-state index contributed by atoms with van der Waals surface area (Å²) in [7, 11) is 0. The third-order valence-corrected chi connectivity index (χ3v) is 2.92. The third kappa shape index (κ3) is 2.08. The number of pyridine rings is 1. The predicted molar refractivity (Wildman–Crippen MR) is 70.5 cm³/mol. The number of fused-ring (bicyclic) bond motifs is 1. The number of halogens is 1. The molecule has 0 aliphatic rings. The average molecular weight is 255 g/mol. The molecule has 1 heterocycles. The molecule has 0 atom stereocenters. The van der Waals surface area contributed by atoms with E-state index in [2.05, 4.69) is 4.98 Å². The lowest BCUT2D eigenvalue weighted by Gasteiger charge is -2.04. The molecule has 0 saturated carbocycles. The molecular formula is C15H10FNO2. The zero-order valence-corrected chi connectivity index (χ0v) is 9.84. The molecule has 0 spiro atoms. The monoisotopic (exact) mass is 255 g/mol. The molecule has 0 aliphatic carbocycles. The van der Waals surface area contributed by atoms with Gasteiger partial charge in [0.15, 0.2) is 11.6 Å². The summed E-state index contributed by atoms with van der Waals surface area (Å²) in [5.74, 6) is -0.878. The molecule has 19 heavy (non-hydrogen) atoms. The van der Waals surface area contributed by atoms with Crippen LogP contribution in [0.3, 0.4) is 0 Å². The molecule has 94 valence electrons. The van der Waals surface area contributed by atoms with Gasteiger partial charge in [0.05, 0.1) is 11.2 Å². The van der Waals surface area contributed by atoms with Crippen molar-refractivity contribution in [2.75, 3.05) is 0 Å². The Labute approximate surface area is 108 Å². The van der Waals surface area contributed by atoms with E-state index in [0.717, 1.165) is 5.39 Å². The molecule has 1 aromatic heterocycles. The minimum atomic E-state index is -0.676. The van der Waals surface area contributed by atoms with Crippen LogP contribution in [0.4, 0.5) is 4.39 Å². The Morgan fingerprint density at radius 3 is 2.53 bits per heavy atom. The van der Waals surface area contributed by atoms with E-state index in [1.165, 1.54) is 12.1 Å². The Bertz CT molecular complexity index is 771. The van der Waals surface area contributed by atoms with Gasteiger partial charge >= 0.3 is 0 Å². The normalized spacial score (nSPS) is 10.8. The van der Waals surface area contributed by atoms with Crippen molar-refractivity contribution in [1.82, 2.24) is 4.98 Å². The van der Waals surface area contributed by atoms with Crippen LogP contribution in [0, 0.1) is 5.82 Å². The first-order valence-corrected chi connectivity index (χ1v) is 5.72. The highest BCUT2D eigenvalue weighted by Gasteiger charge is 2.06. The molecule has 0 aliphatic heterocycles. The SMILES string of the molecule is Oc1ccc2nc(-c3ccc(O)c(F)c3)ccc2c1. The summed E-state index contributed by atoms with van der Waals surface area (Å²) in [5.41, 5.74) is 1.91. The van der Waals surface area contributed by atoms with Gasteiger partial charge in [0.25, 0.3) is 0 Å². The van der Waals surface area contributed by atoms with E-state index in [0.29, 0.717) is 16.8 Å². The maximum Gasteiger partial charge on any atom is 0.165 e. The molecule has 3 rings (SSSR count). The summed E-state index contributed by atoms with van der Waals surface area (Å²) in [6.45, 7) is 0. The van der Waals surface area contributed by atoms with Crippen molar-refractivity contribution >= 4 is 10.9 Å². The molecule has 4 heteroatoms. The zero-order chi connectivity index (χ0) is 13.4. The van der Waals surface area contributed by atoms with Crippen molar-refractivity contribution < 1.29 is 14.6 Å². The second kappa shape index (κ2) is 4.24. The number of nitrogens with zero attached hydrogens (tertiary/aromatic N) is 1. The van der Waals surface area contributed by atoms with Crippen molar-refractivity contribution in [3.63, 3.8) is 0 Å². The molecule has 3 nitrogen and oxygen atoms in total. The summed E-state index contributed by atoms with van der Waals surface area (Å²) in [4.78, 5) is 4.40. The Morgan fingerprint density at radius 2 is 1.74 bits per heavy atom. The van der Waals surface area contributed by atoms with Gasteiger partial charge in [0, 0.05) is 10.9 Å². The lowest BCUT2D eigenvalue weighted by atomic mass is 10.1. The number of aromatic nitrogens is 1. The number of hydrogen-bond acceptors (Lipinski definition) is 3. The fraction of sp³-hybridized carbons (Fsp3) is 0. The molecule has 0 unspecified atom stereocenters. The number of phenolic OH excluding ortho intramolecular Hbond substituents is 2. The summed E-state index contributed by atoms with van der Waals surface area (Å²) in [5, 5.41) is 19.4. The van der Waals surface area contributed by atoms with Crippen LogP contribution in [0.15, 0.2) is 48.5 Å². The van der Waals surface area contributed by atoms with Gasteiger partial charge in [-0.1, -0.05) is 6.07 Å². The van der Waals surface area contributed by atoms with E-state index in [4.69, 9.17) is 5.11 Å². The van der Waals surface area contributed by atoms with Crippen LogP contribution >= 0.6 is 0 Å². The highest BCUT2D eigenvalue weighted by molar-refractivity contribution is 5.82. The van der Waals surface area contributed by atoms with Crippen LogP contribution in [0.25, 0.3) is 22.2 Å². The highest BCUT2D eigenvalue weighted by atomic mass is 19.1. The Morgan fingerprint density at radius 1 is 0.895 bits per heavy atom. The van der Waals surface area contributed by atoms with E-state index in [1.807, 2.05) is 6.07 Å². The molecule has 3 aromatic rings. The zero-order valence-electron chi connectivity index (χ0n) is 9.84. The number of benzene rings is 2. The summed E-state index contributed by atoms with van der Waals surface area (Å²) < 4.78 is 13.3. The smallest absolute Gasteiger partial charge is 0.165 e. The summed E-state index contributed by atoms with van der Waals surface area (Å²) in [6, 6.07) is 12.6. The Balaban J connectivity index is 2.14. The van der Waals surface area contributed by atoms with Crippen molar-refractivity contribution in [2.24, 2.45) is 0 Å². The first-order chi connectivity index (χ1) is 9.13. The molecule has 0 amide bonds. The fourth-order valence-corrected chi connectivity index (χ4v) is 1.94. The van der Waals surface area contributed by atoms with Crippen molar-refractivity contribution in [2.45, 2.75) is 0 Å². The summed E-state index contributed by atoms with van der Waals surface area (Å²) in [6.07, 6.45) is 0. The van der Waals surface area contributed by atoms with Crippen LogP contribution in [0.1, 0.15) is 0 Å². The van der Waals surface area contributed by atoms with Crippen molar-refractivity contribution in [3.8, 4) is 22.8 Å². The second-order valence-corrected chi connectivity index (χ2v) is 4.24. The van der Waals surface area contributed by atoms with Gasteiger partial charge in [-0.25, -0.2) is 9.37 Å². The first kappa shape index (κ1) is 11.5. The summed E-state index contributed by atoms with van der Waals surface area (Å²) >= 11 is 0. The van der Waals surface area contributed by atoms with Crippen LogP contribution in [-0.4, -0.2) is 15.2 Å². The largest absolute Gasteiger partial charge is 0.508 e. The van der Waals surface area contributed by atoms with E-state index < -0.39 is 5.82 Å². The van der Waals surface area contributed by atoms with Gasteiger partial charge in [-0.3, -0.25) is 0 Å². The van der Waals surface area contributed by atoms with Crippen molar-refractivity contribution in [1.29, 1.82) is 0 Å².